The zero-order valence-electron chi connectivity index (χ0n) is 14.5. The lowest BCUT2D eigenvalue weighted by Gasteiger charge is -2.13. The van der Waals surface area contributed by atoms with Crippen molar-refractivity contribution in [3.8, 4) is 11.5 Å². The van der Waals surface area contributed by atoms with Crippen molar-refractivity contribution in [2.75, 3.05) is 5.32 Å². The summed E-state index contributed by atoms with van der Waals surface area (Å²) < 4.78 is 10.8. The maximum absolute atomic E-state index is 12.2. The number of amides is 1. The van der Waals surface area contributed by atoms with Crippen molar-refractivity contribution in [1.82, 2.24) is 9.97 Å². The van der Waals surface area contributed by atoms with E-state index >= 15 is 0 Å². The Labute approximate surface area is 156 Å². The van der Waals surface area contributed by atoms with E-state index in [0.717, 1.165) is 5.75 Å². The van der Waals surface area contributed by atoms with Gasteiger partial charge < -0.3 is 14.8 Å². The molecule has 0 aliphatic heterocycles. The van der Waals surface area contributed by atoms with E-state index in [1.165, 1.54) is 25.5 Å². The van der Waals surface area contributed by atoms with E-state index in [2.05, 4.69) is 15.3 Å². The van der Waals surface area contributed by atoms with E-state index in [-0.39, 0.29) is 5.69 Å². The summed E-state index contributed by atoms with van der Waals surface area (Å²) in [4.78, 5) is 31.7. The van der Waals surface area contributed by atoms with Crippen LogP contribution in [-0.2, 0) is 9.53 Å². The maximum atomic E-state index is 12.2. The van der Waals surface area contributed by atoms with Gasteiger partial charge in [-0.25, -0.2) is 9.78 Å². The zero-order valence-corrected chi connectivity index (χ0v) is 14.5. The molecule has 27 heavy (non-hydrogen) atoms. The molecule has 0 bridgehead atoms. The fourth-order valence-electron chi connectivity index (χ4n) is 2.15. The van der Waals surface area contributed by atoms with Gasteiger partial charge in [-0.05, 0) is 43.3 Å². The third-order valence-corrected chi connectivity index (χ3v) is 3.53. The van der Waals surface area contributed by atoms with E-state index in [1.807, 2.05) is 30.3 Å². The number of para-hydroxylation sites is 1. The molecule has 3 aromatic rings. The standard InChI is InChI=1S/C20H17N3O4/c1-14(26-20(25)18-13-21-11-12-22-18)19(24)23-15-7-9-17(10-8-15)27-16-5-3-2-4-6-16/h2-14H,1H3,(H,23,24)/t14-/m1/s1. The summed E-state index contributed by atoms with van der Waals surface area (Å²) in [5.41, 5.74) is 0.599. The highest BCUT2D eigenvalue weighted by Crippen LogP contribution is 2.22. The summed E-state index contributed by atoms with van der Waals surface area (Å²) in [6.07, 6.45) is 3.11. The lowest BCUT2D eigenvalue weighted by atomic mass is 10.2. The van der Waals surface area contributed by atoms with Gasteiger partial charge in [0.25, 0.3) is 5.91 Å². The molecule has 0 unspecified atom stereocenters. The molecule has 3 rings (SSSR count). The number of benzene rings is 2. The van der Waals surface area contributed by atoms with Crippen LogP contribution < -0.4 is 10.1 Å². The van der Waals surface area contributed by atoms with Crippen LogP contribution in [0.5, 0.6) is 11.5 Å². The summed E-state index contributed by atoms with van der Waals surface area (Å²) in [5, 5.41) is 2.68. The molecule has 1 amide bonds. The van der Waals surface area contributed by atoms with E-state index in [9.17, 15) is 9.59 Å². The quantitative estimate of drug-likeness (QED) is 0.675. The first-order valence-electron chi connectivity index (χ1n) is 8.22. The third kappa shape index (κ3) is 5.12. The molecule has 136 valence electrons. The van der Waals surface area contributed by atoms with E-state index in [4.69, 9.17) is 9.47 Å². The molecular formula is C20H17N3O4. The summed E-state index contributed by atoms with van der Waals surface area (Å²) in [7, 11) is 0. The number of carbonyl (C=O) groups is 2. The lowest BCUT2D eigenvalue weighted by molar-refractivity contribution is -0.123. The minimum Gasteiger partial charge on any atom is -0.457 e. The van der Waals surface area contributed by atoms with Crippen LogP contribution in [0.4, 0.5) is 5.69 Å². The SMILES string of the molecule is C[C@@H](OC(=O)c1cnccn1)C(=O)Nc1ccc(Oc2ccccc2)cc1. The highest BCUT2D eigenvalue weighted by Gasteiger charge is 2.19. The van der Waals surface area contributed by atoms with Gasteiger partial charge in [0.05, 0.1) is 6.20 Å². The van der Waals surface area contributed by atoms with Crippen molar-refractivity contribution >= 4 is 17.6 Å². The third-order valence-electron chi connectivity index (χ3n) is 3.53. The second kappa shape index (κ2) is 8.57. The summed E-state index contributed by atoms with van der Waals surface area (Å²) >= 11 is 0. The maximum Gasteiger partial charge on any atom is 0.359 e. The predicted molar refractivity (Wildman–Crippen MR) is 98.5 cm³/mol. The molecule has 7 heteroatoms. The fraction of sp³-hybridized carbons (Fsp3) is 0.100. The number of esters is 1. The Kier molecular flexibility index (Phi) is 5.73. The number of nitrogens with zero attached hydrogens (tertiary/aromatic N) is 2. The highest BCUT2D eigenvalue weighted by molar-refractivity contribution is 5.96. The number of rotatable bonds is 6. The van der Waals surface area contributed by atoms with E-state index < -0.39 is 18.0 Å². The van der Waals surface area contributed by atoms with Crippen molar-refractivity contribution in [2.45, 2.75) is 13.0 Å². The van der Waals surface area contributed by atoms with Crippen LogP contribution in [0.15, 0.2) is 73.2 Å². The zero-order chi connectivity index (χ0) is 19.1. The topological polar surface area (TPSA) is 90.4 Å². The molecule has 1 aromatic heterocycles. The minimum absolute atomic E-state index is 0.0413. The van der Waals surface area contributed by atoms with Crippen LogP contribution >= 0.6 is 0 Å². The number of carbonyl (C=O) groups excluding carboxylic acids is 2. The second-order valence-electron chi connectivity index (χ2n) is 5.57. The van der Waals surface area contributed by atoms with Crippen LogP contribution in [0.2, 0.25) is 0 Å². The Balaban J connectivity index is 1.55. The largest absolute Gasteiger partial charge is 0.457 e. The van der Waals surface area contributed by atoms with Crippen molar-refractivity contribution in [3.05, 3.63) is 78.9 Å². The smallest absolute Gasteiger partial charge is 0.359 e. The normalized spacial score (nSPS) is 11.3. The van der Waals surface area contributed by atoms with Gasteiger partial charge in [-0.3, -0.25) is 9.78 Å². The number of aromatic nitrogens is 2. The van der Waals surface area contributed by atoms with Crippen LogP contribution in [0, 0.1) is 0 Å². The average Bonchev–Trinajstić information content (AvgIpc) is 2.71. The lowest BCUT2D eigenvalue weighted by Crippen LogP contribution is -2.30. The minimum atomic E-state index is -0.986. The van der Waals surface area contributed by atoms with E-state index in [1.54, 1.807) is 24.3 Å². The average molecular weight is 363 g/mol. The number of ether oxygens (including phenoxy) is 2. The predicted octanol–water partition coefficient (Wildman–Crippen LogP) is 3.45. The van der Waals surface area contributed by atoms with Crippen molar-refractivity contribution < 1.29 is 19.1 Å². The van der Waals surface area contributed by atoms with Crippen molar-refractivity contribution in [3.63, 3.8) is 0 Å². The Hall–Kier alpha value is -3.74. The van der Waals surface area contributed by atoms with Crippen molar-refractivity contribution in [1.29, 1.82) is 0 Å². The van der Waals surface area contributed by atoms with Gasteiger partial charge in [0.15, 0.2) is 11.8 Å². The molecular weight excluding hydrogens is 346 g/mol. The number of nitrogens with one attached hydrogen (secondary N) is 1. The first-order chi connectivity index (χ1) is 13.1. The first-order valence-corrected chi connectivity index (χ1v) is 8.22. The fourth-order valence-corrected chi connectivity index (χ4v) is 2.15. The van der Waals surface area contributed by atoms with Gasteiger partial charge in [0.2, 0.25) is 0 Å². The molecule has 0 aliphatic carbocycles. The first kappa shape index (κ1) is 18.1. The number of anilines is 1. The second-order valence-corrected chi connectivity index (χ2v) is 5.57. The Bertz CT molecular complexity index is 900. The van der Waals surface area contributed by atoms with Crippen molar-refractivity contribution in [2.24, 2.45) is 0 Å². The Morgan fingerprint density at radius 3 is 2.33 bits per heavy atom. The van der Waals surface area contributed by atoms with Gasteiger partial charge in [0, 0.05) is 18.1 Å². The van der Waals surface area contributed by atoms with Gasteiger partial charge in [-0.15, -0.1) is 0 Å². The van der Waals surface area contributed by atoms with Gasteiger partial charge in [0.1, 0.15) is 11.5 Å². The van der Waals surface area contributed by atoms with Crippen LogP contribution in [0.25, 0.3) is 0 Å². The monoisotopic (exact) mass is 363 g/mol. The molecule has 0 saturated heterocycles. The number of hydrogen-bond acceptors (Lipinski definition) is 6. The van der Waals surface area contributed by atoms with Gasteiger partial charge >= 0.3 is 5.97 Å². The molecule has 1 atom stereocenters. The van der Waals surface area contributed by atoms with Crippen LogP contribution in [-0.4, -0.2) is 27.9 Å². The molecule has 2 aromatic carbocycles. The summed E-state index contributed by atoms with van der Waals surface area (Å²) in [5.74, 6) is 0.196. The molecule has 1 heterocycles. The Morgan fingerprint density at radius 1 is 0.963 bits per heavy atom. The number of hydrogen-bond donors (Lipinski definition) is 1. The van der Waals surface area contributed by atoms with Crippen LogP contribution in [0.1, 0.15) is 17.4 Å². The van der Waals surface area contributed by atoms with Crippen LogP contribution in [0.3, 0.4) is 0 Å². The molecule has 0 fully saturated rings. The van der Waals surface area contributed by atoms with Gasteiger partial charge in [-0.2, -0.15) is 0 Å². The van der Waals surface area contributed by atoms with Gasteiger partial charge in [-0.1, -0.05) is 18.2 Å². The Morgan fingerprint density at radius 2 is 1.67 bits per heavy atom. The molecule has 0 aliphatic rings. The molecule has 7 nitrogen and oxygen atoms in total. The van der Waals surface area contributed by atoms with E-state index in [0.29, 0.717) is 11.4 Å². The molecule has 0 spiro atoms. The molecule has 0 radical (unpaired) electrons. The highest BCUT2D eigenvalue weighted by atomic mass is 16.5. The molecule has 1 N–H and O–H groups in total. The summed E-state index contributed by atoms with van der Waals surface area (Å²) in [6, 6.07) is 16.2. The summed E-state index contributed by atoms with van der Waals surface area (Å²) in [6.45, 7) is 1.48. The molecule has 0 saturated carbocycles.